The number of phenolic OH excluding ortho intramolecular Hbond substituents is 1. The molecule has 0 saturated carbocycles. The van der Waals surface area contributed by atoms with Crippen LogP contribution in [0, 0.1) is 0 Å². The summed E-state index contributed by atoms with van der Waals surface area (Å²) in [4.78, 5) is -0.177. The second kappa shape index (κ2) is 8.27. The zero-order chi connectivity index (χ0) is 15.0. The molecule has 0 spiro atoms. The molecule has 0 amide bonds. The van der Waals surface area contributed by atoms with Crippen LogP contribution in [0.5, 0.6) is 5.75 Å². The average molecular weight is 300 g/mol. The van der Waals surface area contributed by atoms with Gasteiger partial charge < -0.3 is 5.11 Å². The Bertz CT molecular complexity index is 509. The predicted molar refractivity (Wildman–Crippen MR) is 79.6 cm³/mol. The molecule has 0 fully saturated rings. The molecule has 0 aliphatic heterocycles. The molecule has 0 radical (unpaired) electrons. The van der Waals surface area contributed by atoms with Crippen molar-refractivity contribution in [2.75, 3.05) is 0 Å². The van der Waals surface area contributed by atoms with E-state index in [0.717, 1.165) is 19.3 Å². The number of hydrogen-bond donors (Lipinski definition) is 2. The van der Waals surface area contributed by atoms with Crippen molar-refractivity contribution in [1.29, 1.82) is 0 Å². The maximum absolute atomic E-state index is 11.3. The van der Waals surface area contributed by atoms with Crippen molar-refractivity contribution in [2.24, 2.45) is 0 Å². The molecule has 0 aliphatic rings. The highest BCUT2D eigenvalue weighted by molar-refractivity contribution is 7.85. The minimum atomic E-state index is -4.27. The van der Waals surface area contributed by atoms with Gasteiger partial charge in [0.15, 0.2) is 0 Å². The molecule has 0 aromatic heterocycles. The maximum Gasteiger partial charge on any atom is 0.294 e. The normalized spacial score (nSPS) is 11.7. The van der Waals surface area contributed by atoms with Gasteiger partial charge in [-0.1, -0.05) is 51.5 Å². The van der Waals surface area contributed by atoms with Crippen LogP contribution in [0.2, 0.25) is 0 Å². The van der Waals surface area contributed by atoms with Crippen LogP contribution in [-0.2, 0) is 16.5 Å². The molecule has 0 heterocycles. The van der Waals surface area contributed by atoms with Gasteiger partial charge in [0.25, 0.3) is 10.1 Å². The molecule has 20 heavy (non-hydrogen) atoms. The third kappa shape index (κ3) is 5.51. The van der Waals surface area contributed by atoms with Crippen molar-refractivity contribution in [3.63, 3.8) is 0 Å². The van der Waals surface area contributed by atoms with E-state index >= 15 is 0 Å². The molecule has 5 heteroatoms. The Hall–Kier alpha value is -1.07. The monoisotopic (exact) mass is 300 g/mol. The Morgan fingerprint density at radius 2 is 1.60 bits per heavy atom. The zero-order valence-corrected chi connectivity index (χ0v) is 12.8. The molecule has 1 aromatic carbocycles. The van der Waals surface area contributed by atoms with Gasteiger partial charge in [-0.25, -0.2) is 0 Å². The summed E-state index contributed by atoms with van der Waals surface area (Å²) in [5.41, 5.74) is 0.323. The Labute approximate surface area is 121 Å². The molecule has 1 rings (SSSR count). The van der Waals surface area contributed by atoms with E-state index in [1.165, 1.54) is 43.9 Å². The highest BCUT2D eigenvalue weighted by Gasteiger charge is 2.17. The Morgan fingerprint density at radius 1 is 1.00 bits per heavy atom. The van der Waals surface area contributed by atoms with Gasteiger partial charge in [0.05, 0.1) is 0 Å². The molecule has 0 unspecified atom stereocenters. The fourth-order valence-electron chi connectivity index (χ4n) is 2.31. The van der Waals surface area contributed by atoms with Crippen LogP contribution >= 0.6 is 0 Å². The molecule has 0 atom stereocenters. The van der Waals surface area contributed by atoms with Crippen molar-refractivity contribution in [2.45, 2.75) is 63.2 Å². The van der Waals surface area contributed by atoms with Gasteiger partial charge in [-0.2, -0.15) is 8.42 Å². The van der Waals surface area contributed by atoms with Crippen LogP contribution < -0.4 is 0 Å². The first-order chi connectivity index (χ1) is 9.46. The Morgan fingerprint density at radius 3 is 2.20 bits per heavy atom. The van der Waals surface area contributed by atoms with Crippen LogP contribution in [0.15, 0.2) is 23.1 Å². The van der Waals surface area contributed by atoms with E-state index in [2.05, 4.69) is 6.92 Å². The summed E-state index contributed by atoms with van der Waals surface area (Å²) in [5, 5.41) is 9.75. The summed E-state index contributed by atoms with van der Waals surface area (Å²) >= 11 is 0. The molecule has 2 N–H and O–H groups in total. The van der Waals surface area contributed by atoms with Gasteiger partial charge in [-0.3, -0.25) is 4.55 Å². The lowest BCUT2D eigenvalue weighted by Crippen LogP contribution is -2.03. The van der Waals surface area contributed by atoms with Crippen LogP contribution in [0.25, 0.3) is 0 Å². The standard InChI is InChI=1S/C15H24O4S/c1-2-3-4-5-6-7-8-10-13-14(16)11-9-12-15(13)20(17,18)19/h9,11-12,16H,2-8,10H2,1H3,(H,17,18,19). The first-order valence-corrected chi connectivity index (χ1v) is 8.69. The molecule has 0 bridgehead atoms. The lowest BCUT2D eigenvalue weighted by atomic mass is 10.0. The highest BCUT2D eigenvalue weighted by atomic mass is 32.2. The molecule has 0 saturated heterocycles. The minimum Gasteiger partial charge on any atom is -0.508 e. The largest absolute Gasteiger partial charge is 0.508 e. The molecule has 114 valence electrons. The highest BCUT2D eigenvalue weighted by Crippen LogP contribution is 2.26. The van der Waals surface area contributed by atoms with Gasteiger partial charge in [0.2, 0.25) is 0 Å². The van der Waals surface area contributed by atoms with Crippen molar-refractivity contribution in [1.82, 2.24) is 0 Å². The summed E-state index contributed by atoms with van der Waals surface area (Å²) < 4.78 is 31.7. The van der Waals surface area contributed by atoms with E-state index in [1.54, 1.807) is 0 Å². The van der Waals surface area contributed by atoms with E-state index < -0.39 is 10.1 Å². The number of phenols is 1. The van der Waals surface area contributed by atoms with E-state index in [-0.39, 0.29) is 10.6 Å². The van der Waals surface area contributed by atoms with Crippen molar-refractivity contribution in [3.8, 4) is 5.75 Å². The second-order valence-corrected chi connectivity index (χ2v) is 6.49. The number of aromatic hydroxyl groups is 1. The van der Waals surface area contributed by atoms with E-state index in [0.29, 0.717) is 12.0 Å². The fraction of sp³-hybridized carbons (Fsp3) is 0.600. The van der Waals surface area contributed by atoms with Gasteiger partial charge in [0.1, 0.15) is 10.6 Å². The van der Waals surface area contributed by atoms with E-state index in [1.807, 2.05) is 0 Å². The summed E-state index contributed by atoms with van der Waals surface area (Å²) in [6.07, 6.45) is 8.31. The molecule has 1 aromatic rings. The number of rotatable bonds is 9. The van der Waals surface area contributed by atoms with E-state index in [4.69, 9.17) is 4.55 Å². The molecular formula is C15H24O4S. The summed E-state index contributed by atoms with van der Waals surface area (Å²) in [6, 6.07) is 4.20. The van der Waals surface area contributed by atoms with E-state index in [9.17, 15) is 13.5 Å². The maximum atomic E-state index is 11.3. The van der Waals surface area contributed by atoms with Crippen molar-refractivity contribution >= 4 is 10.1 Å². The topological polar surface area (TPSA) is 74.6 Å². The van der Waals surface area contributed by atoms with Crippen LogP contribution in [0.3, 0.4) is 0 Å². The summed E-state index contributed by atoms with van der Waals surface area (Å²) in [6.45, 7) is 2.18. The zero-order valence-electron chi connectivity index (χ0n) is 12.0. The SMILES string of the molecule is CCCCCCCCCc1c(O)cccc1S(=O)(=O)O. The fourth-order valence-corrected chi connectivity index (χ4v) is 3.07. The van der Waals surface area contributed by atoms with Crippen molar-refractivity contribution in [3.05, 3.63) is 23.8 Å². The summed E-state index contributed by atoms with van der Waals surface area (Å²) in [5.74, 6) is -0.0638. The Balaban J connectivity index is 2.52. The van der Waals surface area contributed by atoms with Gasteiger partial charge in [-0.15, -0.1) is 0 Å². The smallest absolute Gasteiger partial charge is 0.294 e. The molecular weight excluding hydrogens is 276 g/mol. The van der Waals surface area contributed by atoms with Crippen molar-refractivity contribution < 1.29 is 18.1 Å². The number of unbranched alkanes of at least 4 members (excludes halogenated alkanes) is 6. The number of benzene rings is 1. The van der Waals surface area contributed by atoms with Gasteiger partial charge in [-0.05, 0) is 25.0 Å². The second-order valence-electron chi connectivity index (χ2n) is 5.10. The molecule has 4 nitrogen and oxygen atoms in total. The van der Waals surface area contributed by atoms with Crippen LogP contribution in [0.1, 0.15) is 57.4 Å². The predicted octanol–water partition coefficient (Wildman–Crippen LogP) is 3.93. The average Bonchev–Trinajstić information content (AvgIpc) is 2.38. The minimum absolute atomic E-state index is 0.0638. The third-order valence-electron chi connectivity index (χ3n) is 3.42. The lowest BCUT2D eigenvalue weighted by Gasteiger charge is -2.09. The Kier molecular flexibility index (Phi) is 7.02. The third-order valence-corrected chi connectivity index (χ3v) is 4.35. The molecule has 0 aliphatic carbocycles. The quantitative estimate of drug-likeness (QED) is 0.535. The number of hydrogen-bond acceptors (Lipinski definition) is 3. The first kappa shape index (κ1) is 17.0. The van der Waals surface area contributed by atoms with Gasteiger partial charge in [0, 0.05) is 5.56 Å². The van der Waals surface area contributed by atoms with Gasteiger partial charge >= 0.3 is 0 Å². The lowest BCUT2D eigenvalue weighted by molar-refractivity contribution is 0.455. The van der Waals surface area contributed by atoms with Crippen LogP contribution in [-0.4, -0.2) is 18.1 Å². The van der Waals surface area contributed by atoms with Crippen LogP contribution in [0.4, 0.5) is 0 Å². The summed E-state index contributed by atoms with van der Waals surface area (Å²) in [7, 11) is -4.27. The first-order valence-electron chi connectivity index (χ1n) is 7.25.